The maximum Gasteiger partial charge on any atom is 0.0238 e. The predicted octanol–water partition coefficient (Wildman–Crippen LogP) is 2.94. The zero-order chi connectivity index (χ0) is 11.2. The van der Waals surface area contributed by atoms with Gasteiger partial charge in [0.1, 0.15) is 0 Å². The standard InChI is InChI=1S/C15H23N/c1-2-3-14(16)10-15-7-11-4-12(8-15)6-13(5-11)9-15/h1,11-14H,3-10,16H2. The minimum Gasteiger partial charge on any atom is -0.327 e. The third-order valence-electron chi connectivity index (χ3n) is 5.24. The van der Waals surface area contributed by atoms with Gasteiger partial charge in [-0.2, -0.15) is 0 Å². The molecule has 4 saturated carbocycles. The van der Waals surface area contributed by atoms with Gasteiger partial charge in [0.05, 0.1) is 0 Å². The molecule has 4 rings (SSSR count). The lowest BCUT2D eigenvalue weighted by Gasteiger charge is -2.57. The Morgan fingerprint density at radius 3 is 2.06 bits per heavy atom. The molecule has 1 nitrogen and oxygen atoms in total. The summed E-state index contributed by atoms with van der Waals surface area (Å²) in [5.74, 6) is 5.82. The molecular formula is C15H23N. The van der Waals surface area contributed by atoms with Gasteiger partial charge in [-0.05, 0) is 68.1 Å². The number of hydrogen-bond acceptors (Lipinski definition) is 1. The van der Waals surface area contributed by atoms with E-state index in [-0.39, 0.29) is 6.04 Å². The van der Waals surface area contributed by atoms with E-state index in [0.717, 1.165) is 24.2 Å². The SMILES string of the molecule is C#CCC(N)CC12CC3CC(CC(C3)C1)C2. The van der Waals surface area contributed by atoms with E-state index in [1.165, 1.54) is 44.9 Å². The Kier molecular flexibility index (Phi) is 2.51. The zero-order valence-electron chi connectivity index (χ0n) is 10.1. The average molecular weight is 217 g/mol. The van der Waals surface area contributed by atoms with Crippen LogP contribution in [0, 0.1) is 35.5 Å². The van der Waals surface area contributed by atoms with E-state index in [1.54, 1.807) is 0 Å². The van der Waals surface area contributed by atoms with Crippen molar-refractivity contribution in [2.24, 2.45) is 28.9 Å². The fraction of sp³-hybridized carbons (Fsp3) is 0.867. The summed E-state index contributed by atoms with van der Waals surface area (Å²) >= 11 is 0. The third kappa shape index (κ3) is 1.78. The highest BCUT2D eigenvalue weighted by atomic mass is 14.7. The molecule has 4 fully saturated rings. The van der Waals surface area contributed by atoms with Gasteiger partial charge < -0.3 is 5.73 Å². The first-order valence-corrected chi connectivity index (χ1v) is 6.88. The molecule has 0 saturated heterocycles. The van der Waals surface area contributed by atoms with Crippen LogP contribution in [0.2, 0.25) is 0 Å². The quantitative estimate of drug-likeness (QED) is 0.723. The van der Waals surface area contributed by atoms with Crippen molar-refractivity contribution < 1.29 is 0 Å². The second-order valence-corrected chi connectivity index (χ2v) is 6.79. The van der Waals surface area contributed by atoms with Crippen molar-refractivity contribution >= 4 is 0 Å². The molecule has 0 radical (unpaired) electrons. The van der Waals surface area contributed by atoms with Crippen molar-refractivity contribution in [3.05, 3.63) is 0 Å². The summed E-state index contributed by atoms with van der Waals surface area (Å²) in [6, 6.07) is 0.251. The Morgan fingerprint density at radius 1 is 1.12 bits per heavy atom. The van der Waals surface area contributed by atoms with Crippen LogP contribution in [-0.4, -0.2) is 6.04 Å². The van der Waals surface area contributed by atoms with Gasteiger partial charge in [-0.25, -0.2) is 0 Å². The molecule has 0 amide bonds. The van der Waals surface area contributed by atoms with Gasteiger partial charge in [0.25, 0.3) is 0 Å². The van der Waals surface area contributed by atoms with Crippen molar-refractivity contribution in [1.82, 2.24) is 0 Å². The summed E-state index contributed by atoms with van der Waals surface area (Å²) in [6.07, 6.45) is 16.2. The highest BCUT2D eigenvalue weighted by molar-refractivity contribution is 5.03. The van der Waals surface area contributed by atoms with E-state index in [4.69, 9.17) is 12.2 Å². The molecule has 1 atom stereocenters. The van der Waals surface area contributed by atoms with E-state index in [0.29, 0.717) is 5.41 Å². The van der Waals surface area contributed by atoms with Crippen LogP contribution in [0.15, 0.2) is 0 Å². The van der Waals surface area contributed by atoms with Crippen LogP contribution < -0.4 is 5.73 Å². The number of terminal acetylenes is 1. The van der Waals surface area contributed by atoms with E-state index < -0.39 is 0 Å². The van der Waals surface area contributed by atoms with Gasteiger partial charge in [-0.3, -0.25) is 0 Å². The van der Waals surface area contributed by atoms with Gasteiger partial charge in [0.15, 0.2) is 0 Å². The molecule has 0 aromatic heterocycles. The summed E-state index contributed by atoms with van der Waals surface area (Å²) in [6.45, 7) is 0. The van der Waals surface area contributed by atoms with Crippen molar-refractivity contribution in [2.75, 3.05) is 0 Å². The fourth-order valence-electron chi connectivity index (χ4n) is 5.32. The van der Waals surface area contributed by atoms with Gasteiger partial charge in [0, 0.05) is 12.5 Å². The Labute approximate surface area is 99.2 Å². The Morgan fingerprint density at radius 2 is 1.62 bits per heavy atom. The van der Waals surface area contributed by atoms with Gasteiger partial charge >= 0.3 is 0 Å². The summed E-state index contributed by atoms with van der Waals surface area (Å²) in [5, 5.41) is 0. The molecular weight excluding hydrogens is 194 g/mol. The molecule has 1 unspecified atom stereocenters. The average Bonchev–Trinajstić information content (AvgIpc) is 2.13. The highest BCUT2D eigenvalue weighted by Crippen LogP contribution is 2.61. The molecule has 0 aliphatic heterocycles. The maximum atomic E-state index is 6.16. The lowest BCUT2D eigenvalue weighted by molar-refractivity contribution is -0.0601. The van der Waals surface area contributed by atoms with Crippen LogP contribution >= 0.6 is 0 Å². The normalized spacial score (nSPS) is 46.6. The molecule has 16 heavy (non-hydrogen) atoms. The molecule has 4 aliphatic carbocycles. The van der Waals surface area contributed by atoms with E-state index in [9.17, 15) is 0 Å². The predicted molar refractivity (Wildman–Crippen MR) is 66.6 cm³/mol. The smallest absolute Gasteiger partial charge is 0.0238 e. The lowest BCUT2D eigenvalue weighted by Crippen LogP contribution is -2.48. The van der Waals surface area contributed by atoms with Crippen LogP contribution in [0.4, 0.5) is 0 Å². The molecule has 88 valence electrons. The highest BCUT2D eigenvalue weighted by Gasteiger charge is 2.50. The molecule has 4 aliphatic rings. The van der Waals surface area contributed by atoms with Gasteiger partial charge in [-0.15, -0.1) is 12.3 Å². The first kappa shape index (κ1) is 10.7. The number of rotatable bonds is 3. The van der Waals surface area contributed by atoms with Crippen molar-refractivity contribution in [2.45, 2.75) is 57.4 Å². The van der Waals surface area contributed by atoms with Crippen LogP contribution in [0.5, 0.6) is 0 Å². The molecule has 1 heteroatoms. The molecule has 0 aromatic rings. The molecule has 2 N–H and O–H groups in total. The summed E-state index contributed by atoms with van der Waals surface area (Å²) in [4.78, 5) is 0. The van der Waals surface area contributed by atoms with Crippen molar-refractivity contribution in [3.63, 3.8) is 0 Å². The lowest BCUT2D eigenvalue weighted by atomic mass is 9.48. The first-order valence-electron chi connectivity index (χ1n) is 6.88. The summed E-state index contributed by atoms with van der Waals surface area (Å²) < 4.78 is 0. The van der Waals surface area contributed by atoms with Gasteiger partial charge in [0.2, 0.25) is 0 Å². The van der Waals surface area contributed by atoms with E-state index >= 15 is 0 Å². The van der Waals surface area contributed by atoms with Crippen LogP contribution in [0.25, 0.3) is 0 Å². The Balaban J connectivity index is 1.71. The number of nitrogens with two attached hydrogens (primary N) is 1. The molecule has 0 spiro atoms. The molecule has 0 heterocycles. The number of hydrogen-bond donors (Lipinski definition) is 1. The molecule has 4 bridgehead atoms. The first-order chi connectivity index (χ1) is 7.69. The minimum atomic E-state index is 0.251. The van der Waals surface area contributed by atoms with Crippen LogP contribution in [0.3, 0.4) is 0 Å². The largest absolute Gasteiger partial charge is 0.327 e. The summed E-state index contributed by atoms with van der Waals surface area (Å²) in [5.41, 5.74) is 6.77. The monoisotopic (exact) mass is 217 g/mol. The fourth-order valence-corrected chi connectivity index (χ4v) is 5.32. The van der Waals surface area contributed by atoms with Crippen molar-refractivity contribution in [1.29, 1.82) is 0 Å². The summed E-state index contributed by atoms with van der Waals surface area (Å²) in [7, 11) is 0. The van der Waals surface area contributed by atoms with Crippen LogP contribution in [0.1, 0.15) is 51.4 Å². The van der Waals surface area contributed by atoms with Gasteiger partial charge in [-0.1, -0.05) is 0 Å². The van der Waals surface area contributed by atoms with Crippen LogP contribution in [-0.2, 0) is 0 Å². The minimum absolute atomic E-state index is 0.251. The second-order valence-electron chi connectivity index (χ2n) is 6.79. The Bertz CT molecular complexity index is 277. The maximum absolute atomic E-state index is 6.16. The van der Waals surface area contributed by atoms with E-state index in [2.05, 4.69) is 5.92 Å². The zero-order valence-corrected chi connectivity index (χ0v) is 10.1. The third-order valence-corrected chi connectivity index (χ3v) is 5.24. The molecule has 0 aromatic carbocycles. The van der Waals surface area contributed by atoms with E-state index in [1.807, 2.05) is 0 Å². The topological polar surface area (TPSA) is 26.0 Å². The second kappa shape index (κ2) is 3.77. The Hall–Kier alpha value is -0.480. The van der Waals surface area contributed by atoms with Crippen molar-refractivity contribution in [3.8, 4) is 12.3 Å².